The highest BCUT2D eigenvalue weighted by molar-refractivity contribution is 7.99. The van der Waals surface area contributed by atoms with Crippen molar-refractivity contribution < 1.29 is 4.79 Å². The van der Waals surface area contributed by atoms with E-state index in [1.807, 2.05) is 36.4 Å². The molecule has 0 fully saturated rings. The van der Waals surface area contributed by atoms with Crippen molar-refractivity contribution >= 4 is 46.0 Å². The Morgan fingerprint density at radius 3 is 2.76 bits per heavy atom. The molecule has 7 nitrogen and oxygen atoms in total. The van der Waals surface area contributed by atoms with Crippen molar-refractivity contribution in [3.05, 3.63) is 76.2 Å². The predicted octanol–water partition coefficient (Wildman–Crippen LogP) is 3.52. The van der Waals surface area contributed by atoms with Crippen LogP contribution < -0.4 is 10.5 Å². The Balaban J connectivity index is 1.59. The van der Waals surface area contributed by atoms with Gasteiger partial charge in [0.15, 0.2) is 10.8 Å². The van der Waals surface area contributed by atoms with E-state index in [2.05, 4.69) is 15.1 Å². The molecule has 0 aliphatic heterocycles. The smallest absolute Gasteiger partial charge is 0.262 e. The zero-order chi connectivity index (χ0) is 20.4. The third kappa shape index (κ3) is 4.03. The maximum atomic E-state index is 12.5. The van der Waals surface area contributed by atoms with E-state index in [4.69, 9.17) is 11.6 Å². The van der Waals surface area contributed by atoms with Crippen molar-refractivity contribution in [3.8, 4) is 5.69 Å². The second-order valence-corrected chi connectivity index (χ2v) is 7.62. The molecule has 1 amide bonds. The largest absolute Gasteiger partial charge is 0.315 e. The van der Waals surface area contributed by atoms with Crippen LogP contribution in [-0.2, 0) is 4.79 Å². The van der Waals surface area contributed by atoms with Gasteiger partial charge in [-0.05, 0) is 30.3 Å². The average Bonchev–Trinajstić information content (AvgIpc) is 3.17. The first-order valence-electron chi connectivity index (χ1n) is 8.71. The number of nitrogens with one attached hydrogen (secondary N) is 1. The van der Waals surface area contributed by atoms with Crippen LogP contribution in [0.15, 0.2) is 70.7 Å². The molecule has 0 spiro atoms. The van der Waals surface area contributed by atoms with E-state index in [0.717, 1.165) is 5.69 Å². The molecule has 9 heteroatoms. The second kappa shape index (κ2) is 8.10. The molecule has 0 atom stereocenters. The highest BCUT2D eigenvalue weighted by Crippen LogP contribution is 2.21. The lowest BCUT2D eigenvalue weighted by atomic mass is 10.3. The van der Waals surface area contributed by atoms with Gasteiger partial charge in [0.25, 0.3) is 5.56 Å². The summed E-state index contributed by atoms with van der Waals surface area (Å²) in [5.74, 6) is 0.0257. The van der Waals surface area contributed by atoms with Gasteiger partial charge < -0.3 is 9.88 Å². The summed E-state index contributed by atoms with van der Waals surface area (Å²) in [5.41, 5.74) is 1.59. The van der Waals surface area contributed by atoms with Gasteiger partial charge in [0.2, 0.25) is 5.91 Å². The first-order valence-corrected chi connectivity index (χ1v) is 10.1. The number of carbonyl (C=O) groups excluding carboxylic acids is 1. The number of benzene rings is 2. The van der Waals surface area contributed by atoms with E-state index in [1.165, 1.54) is 18.0 Å². The maximum Gasteiger partial charge on any atom is 0.262 e. The Kier molecular flexibility index (Phi) is 5.37. The van der Waals surface area contributed by atoms with Gasteiger partial charge >= 0.3 is 0 Å². The number of anilines is 1. The third-order valence-corrected chi connectivity index (χ3v) is 5.41. The third-order valence-electron chi connectivity index (χ3n) is 4.32. The number of hydrogen-bond donors (Lipinski definition) is 1. The van der Waals surface area contributed by atoms with Crippen LogP contribution in [0.2, 0.25) is 5.02 Å². The van der Waals surface area contributed by atoms with Crippen molar-refractivity contribution in [1.82, 2.24) is 19.7 Å². The minimum atomic E-state index is -0.311. The number of halogens is 1. The van der Waals surface area contributed by atoms with Crippen LogP contribution in [0.1, 0.15) is 0 Å². The molecule has 2 heterocycles. The minimum Gasteiger partial charge on any atom is -0.315 e. The summed E-state index contributed by atoms with van der Waals surface area (Å²) in [4.78, 5) is 33.7. The van der Waals surface area contributed by atoms with Gasteiger partial charge in [-0.15, -0.1) is 0 Å². The number of nitrogens with zero attached hydrogens (tertiary/aromatic N) is 4. The molecule has 0 unspecified atom stereocenters. The van der Waals surface area contributed by atoms with Crippen molar-refractivity contribution in [2.75, 3.05) is 17.7 Å². The number of fused-ring (bicyclic) bond motifs is 1. The van der Waals surface area contributed by atoms with Crippen molar-refractivity contribution in [3.63, 3.8) is 0 Å². The zero-order valence-corrected chi connectivity index (χ0v) is 16.9. The summed E-state index contributed by atoms with van der Waals surface area (Å²) in [6, 6.07) is 16.5. The zero-order valence-electron chi connectivity index (χ0n) is 15.4. The lowest BCUT2D eigenvalue weighted by Gasteiger charge is -2.16. The molecule has 2 aromatic carbocycles. The molecule has 0 aliphatic carbocycles. The van der Waals surface area contributed by atoms with Crippen LogP contribution >= 0.6 is 23.4 Å². The summed E-state index contributed by atoms with van der Waals surface area (Å²) in [6.45, 7) is 0. The topological polar surface area (TPSA) is 83.9 Å². The van der Waals surface area contributed by atoms with Gasteiger partial charge in [0.05, 0.1) is 17.6 Å². The summed E-state index contributed by atoms with van der Waals surface area (Å²) in [5, 5.41) is 5.53. The summed E-state index contributed by atoms with van der Waals surface area (Å²) in [6.07, 6.45) is 1.46. The molecule has 0 saturated carbocycles. The van der Waals surface area contributed by atoms with Gasteiger partial charge in [0, 0.05) is 17.8 Å². The van der Waals surface area contributed by atoms with E-state index in [-0.39, 0.29) is 17.2 Å². The Bertz CT molecular complexity index is 1240. The van der Waals surface area contributed by atoms with Crippen molar-refractivity contribution in [1.29, 1.82) is 0 Å². The number of hydrogen-bond acceptors (Lipinski definition) is 5. The lowest BCUT2D eigenvalue weighted by Crippen LogP contribution is -2.28. The normalized spacial score (nSPS) is 11.0. The van der Waals surface area contributed by atoms with Crippen LogP contribution in [0.25, 0.3) is 16.7 Å². The highest BCUT2D eigenvalue weighted by Gasteiger charge is 2.15. The first-order chi connectivity index (χ1) is 14.0. The average molecular weight is 426 g/mol. The van der Waals surface area contributed by atoms with Crippen LogP contribution in [0.3, 0.4) is 0 Å². The molecule has 0 radical (unpaired) electrons. The summed E-state index contributed by atoms with van der Waals surface area (Å²) in [7, 11) is 1.71. The number of carbonyl (C=O) groups is 1. The van der Waals surface area contributed by atoms with Crippen molar-refractivity contribution in [2.24, 2.45) is 0 Å². The Morgan fingerprint density at radius 1 is 1.21 bits per heavy atom. The SMILES string of the molecule is CN(C(=O)CSc1nc2c(cnn2-c2cccc(Cl)c2)c(=O)[nH]1)c1ccccc1. The standard InChI is InChI=1S/C20H16ClN5O2S/c1-25(14-7-3-2-4-8-14)17(27)12-29-20-23-18-16(19(28)24-20)11-22-26(18)15-9-5-6-13(21)10-15/h2-11H,12H2,1H3,(H,23,24,28). The second-order valence-electron chi connectivity index (χ2n) is 6.22. The number of para-hydroxylation sites is 1. The van der Waals surface area contributed by atoms with E-state index in [0.29, 0.717) is 26.9 Å². The molecule has 4 rings (SSSR count). The fraction of sp³-hybridized carbons (Fsp3) is 0.100. The molecule has 4 aromatic rings. The molecule has 0 saturated heterocycles. The van der Waals surface area contributed by atoms with Crippen LogP contribution in [0.4, 0.5) is 5.69 Å². The predicted molar refractivity (Wildman–Crippen MR) is 115 cm³/mol. The highest BCUT2D eigenvalue weighted by atomic mass is 35.5. The Labute approximate surface area is 175 Å². The lowest BCUT2D eigenvalue weighted by molar-refractivity contribution is -0.115. The fourth-order valence-electron chi connectivity index (χ4n) is 2.79. The summed E-state index contributed by atoms with van der Waals surface area (Å²) >= 11 is 7.23. The minimum absolute atomic E-state index is 0.104. The molecule has 1 N–H and O–H groups in total. The fourth-order valence-corrected chi connectivity index (χ4v) is 3.74. The quantitative estimate of drug-likeness (QED) is 0.390. The Morgan fingerprint density at radius 2 is 2.00 bits per heavy atom. The molecule has 146 valence electrons. The number of H-pyrrole nitrogens is 1. The van der Waals surface area contributed by atoms with E-state index < -0.39 is 0 Å². The van der Waals surface area contributed by atoms with Gasteiger partial charge in [-0.1, -0.05) is 47.6 Å². The van der Waals surface area contributed by atoms with E-state index in [9.17, 15) is 9.59 Å². The van der Waals surface area contributed by atoms with Gasteiger partial charge in [-0.25, -0.2) is 9.67 Å². The van der Waals surface area contributed by atoms with Crippen molar-refractivity contribution in [2.45, 2.75) is 5.16 Å². The summed E-state index contributed by atoms with van der Waals surface area (Å²) < 4.78 is 1.55. The number of thioether (sulfide) groups is 1. The molecule has 29 heavy (non-hydrogen) atoms. The molecule has 0 aliphatic rings. The number of aromatic amines is 1. The molecule has 2 aromatic heterocycles. The van der Waals surface area contributed by atoms with Crippen LogP contribution in [0, 0.1) is 0 Å². The van der Waals surface area contributed by atoms with Gasteiger partial charge in [0.1, 0.15) is 5.39 Å². The molecular formula is C20H16ClN5O2S. The molecular weight excluding hydrogens is 410 g/mol. The van der Waals surface area contributed by atoms with Gasteiger partial charge in [-0.2, -0.15) is 5.10 Å². The Hall–Kier alpha value is -3.10. The van der Waals surface area contributed by atoms with E-state index >= 15 is 0 Å². The number of amides is 1. The number of rotatable bonds is 5. The monoisotopic (exact) mass is 425 g/mol. The first kappa shape index (κ1) is 19.2. The van der Waals surface area contributed by atoms with Gasteiger partial charge in [-0.3, -0.25) is 9.59 Å². The molecule has 0 bridgehead atoms. The number of aromatic nitrogens is 4. The van der Waals surface area contributed by atoms with Crippen LogP contribution in [0.5, 0.6) is 0 Å². The van der Waals surface area contributed by atoms with Crippen LogP contribution in [-0.4, -0.2) is 38.5 Å². The van der Waals surface area contributed by atoms with E-state index in [1.54, 1.807) is 34.8 Å². The maximum absolute atomic E-state index is 12.5.